The number of benzene rings is 1. The van der Waals surface area contributed by atoms with Gasteiger partial charge in [0.2, 0.25) is 0 Å². The number of aryl methyl sites for hydroxylation is 1. The van der Waals surface area contributed by atoms with Crippen molar-refractivity contribution in [3.05, 3.63) is 34.8 Å². The molecule has 0 amide bonds. The Kier molecular flexibility index (Phi) is 4.20. The molecule has 0 fully saturated rings. The second-order valence-electron chi connectivity index (χ2n) is 3.69. The van der Waals surface area contributed by atoms with Gasteiger partial charge >= 0.3 is 0 Å². The molecule has 17 heavy (non-hydrogen) atoms. The number of nitrogens with zero attached hydrogens (tertiary/aromatic N) is 1. The van der Waals surface area contributed by atoms with Gasteiger partial charge < -0.3 is 5.73 Å². The van der Waals surface area contributed by atoms with Gasteiger partial charge in [-0.1, -0.05) is 19.1 Å². The lowest BCUT2D eigenvalue weighted by Crippen LogP contribution is -1.94. The van der Waals surface area contributed by atoms with Crippen molar-refractivity contribution in [2.45, 2.75) is 25.3 Å². The zero-order valence-electron chi connectivity index (χ0n) is 10.1. The van der Waals surface area contributed by atoms with Gasteiger partial charge in [-0.15, -0.1) is 23.1 Å². The quantitative estimate of drug-likeness (QED) is 0.856. The number of hydrogen-bond acceptors (Lipinski definition) is 4. The Balaban J connectivity index is 2.26. The van der Waals surface area contributed by atoms with Crippen LogP contribution < -0.4 is 5.73 Å². The van der Waals surface area contributed by atoms with E-state index in [2.05, 4.69) is 36.2 Å². The summed E-state index contributed by atoms with van der Waals surface area (Å²) in [6.45, 7) is 4.76. The lowest BCUT2D eigenvalue weighted by Gasteiger charge is -1.99. The van der Waals surface area contributed by atoms with E-state index in [0.29, 0.717) is 6.54 Å². The molecule has 1 aromatic heterocycles. The number of aromatic nitrogens is 1. The van der Waals surface area contributed by atoms with Crippen molar-refractivity contribution in [1.82, 2.24) is 4.98 Å². The Bertz CT molecular complexity index is 489. The van der Waals surface area contributed by atoms with E-state index in [0.717, 1.165) is 16.5 Å². The number of thioether (sulfide) groups is 1. The van der Waals surface area contributed by atoms with Crippen molar-refractivity contribution in [1.29, 1.82) is 0 Å². The zero-order valence-corrected chi connectivity index (χ0v) is 11.7. The van der Waals surface area contributed by atoms with Crippen molar-refractivity contribution in [3.8, 4) is 10.6 Å². The van der Waals surface area contributed by atoms with Gasteiger partial charge in [-0.25, -0.2) is 4.98 Å². The molecule has 2 rings (SSSR count). The first-order valence-electron chi connectivity index (χ1n) is 5.64. The van der Waals surface area contributed by atoms with Gasteiger partial charge in [0.15, 0.2) is 0 Å². The maximum absolute atomic E-state index is 5.67. The molecule has 90 valence electrons. The summed E-state index contributed by atoms with van der Waals surface area (Å²) in [4.78, 5) is 7.04. The van der Waals surface area contributed by atoms with Crippen molar-refractivity contribution in [2.75, 3.05) is 5.75 Å². The summed E-state index contributed by atoms with van der Waals surface area (Å²) in [5.74, 6) is 1.10. The molecule has 0 radical (unpaired) electrons. The molecule has 0 saturated carbocycles. The van der Waals surface area contributed by atoms with Crippen LogP contribution in [0.5, 0.6) is 0 Å². The molecule has 0 spiro atoms. The smallest absolute Gasteiger partial charge is 0.123 e. The van der Waals surface area contributed by atoms with Gasteiger partial charge in [-0.2, -0.15) is 0 Å². The summed E-state index contributed by atoms with van der Waals surface area (Å²) >= 11 is 3.54. The Morgan fingerprint density at radius 3 is 2.53 bits per heavy atom. The molecular weight excluding hydrogens is 248 g/mol. The third-order valence-electron chi connectivity index (χ3n) is 2.49. The van der Waals surface area contributed by atoms with Crippen LogP contribution in [0.3, 0.4) is 0 Å². The van der Waals surface area contributed by atoms with Gasteiger partial charge in [0, 0.05) is 21.9 Å². The third-order valence-corrected chi connectivity index (χ3v) is 4.61. The summed E-state index contributed by atoms with van der Waals surface area (Å²) in [6, 6.07) is 8.58. The predicted octanol–water partition coefficient (Wildman–Crippen LogP) is 3.69. The molecule has 1 aromatic carbocycles. The van der Waals surface area contributed by atoms with Crippen LogP contribution in [0.4, 0.5) is 0 Å². The summed E-state index contributed by atoms with van der Waals surface area (Å²) in [5.41, 5.74) is 7.91. The molecule has 4 heteroatoms. The molecule has 2 N–H and O–H groups in total. The monoisotopic (exact) mass is 264 g/mol. The Hall–Kier alpha value is -0.840. The van der Waals surface area contributed by atoms with Gasteiger partial charge in [0.1, 0.15) is 5.01 Å². The predicted molar refractivity (Wildman–Crippen MR) is 76.6 cm³/mol. The second-order valence-corrected chi connectivity index (χ2v) is 6.11. The van der Waals surface area contributed by atoms with E-state index >= 15 is 0 Å². The normalized spacial score (nSPS) is 10.8. The van der Waals surface area contributed by atoms with Gasteiger partial charge in [-0.05, 0) is 24.8 Å². The topological polar surface area (TPSA) is 38.9 Å². The largest absolute Gasteiger partial charge is 0.326 e. The summed E-state index contributed by atoms with van der Waals surface area (Å²) in [5, 5.41) is 1.07. The van der Waals surface area contributed by atoms with E-state index in [1.807, 2.05) is 18.7 Å². The van der Waals surface area contributed by atoms with Crippen LogP contribution in [0.25, 0.3) is 10.6 Å². The van der Waals surface area contributed by atoms with Crippen molar-refractivity contribution < 1.29 is 0 Å². The first-order chi connectivity index (χ1) is 8.24. The van der Waals surface area contributed by atoms with Crippen LogP contribution in [0.15, 0.2) is 29.2 Å². The highest BCUT2D eigenvalue weighted by Crippen LogP contribution is 2.29. The third kappa shape index (κ3) is 2.89. The minimum Gasteiger partial charge on any atom is -0.326 e. The van der Waals surface area contributed by atoms with Crippen LogP contribution >= 0.6 is 23.1 Å². The van der Waals surface area contributed by atoms with E-state index in [1.165, 1.54) is 15.3 Å². The van der Waals surface area contributed by atoms with Crippen molar-refractivity contribution in [2.24, 2.45) is 5.73 Å². The van der Waals surface area contributed by atoms with Gasteiger partial charge in [-0.3, -0.25) is 0 Å². The fraction of sp³-hybridized carbons (Fsp3) is 0.308. The van der Waals surface area contributed by atoms with Crippen LogP contribution in [0, 0.1) is 6.92 Å². The van der Waals surface area contributed by atoms with Crippen molar-refractivity contribution in [3.63, 3.8) is 0 Å². The number of hydrogen-bond donors (Lipinski definition) is 1. The van der Waals surface area contributed by atoms with Crippen LogP contribution in [-0.4, -0.2) is 10.7 Å². The first-order valence-corrected chi connectivity index (χ1v) is 7.44. The lowest BCUT2D eigenvalue weighted by molar-refractivity contribution is 1.06. The summed E-state index contributed by atoms with van der Waals surface area (Å²) in [7, 11) is 0. The van der Waals surface area contributed by atoms with E-state index in [9.17, 15) is 0 Å². The lowest BCUT2D eigenvalue weighted by atomic mass is 10.2. The standard InChI is InChI=1S/C13H16N2S2/c1-3-16-11-6-4-10(5-7-11)13-15-9(2)12(8-14)17-13/h4-7H,3,8,14H2,1-2H3. The highest BCUT2D eigenvalue weighted by atomic mass is 32.2. The molecule has 0 aliphatic heterocycles. The highest BCUT2D eigenvalue weighted by Gasteiger charge is 2.07. The molecule has 0 aliphatic carbocycles. The molecular formula is C13H16N2S2. The SMILES string of the molecule is CCSc1ccc(-c2nc(C)c(CN)s2)cc1. The van der Waals surface area contributed by atoms with E-state index < -0.39 is 0 Å². The molecule has 0 aliphatic rings. The molecule has 0 saturated heterocycles. The average molecular weight is 264 g/mol. The summed E-state index contributed by atoms with van der Waals surface area (Å²) < 4.78 is 0. The molecule has 2 nitrogen and oxygen atoms in total. The minimum atomic E-state index is 0.577. The molecule has 2 aromatic rings. The Labute approximate surface area is 110 Å². The Morgan fingerprint density at radius 1 is 1.29 bits per heavy atom. The first kappa shape index (κ1) is 12.6. The summed E-state index contributed by atoms with van der Waals surface area (Å²) in [6.07, 6.45) is 0. The van der Waals surface area contributed by atoms with E-state index in [-0.39, 0.29) is 0 Å². The highest BCUT2D eigenvalue weighted by molar-refractivity contribution is 7.99. The second kappa shape index (κ2) is 5.67. The molecule has 1 heterocycles. The molecule has 0 bridgehead atoms. The van der Waals surface area contributed by atoms with Crippen LogP contribution in [-0.2, 0) is 6.54 Å². The fourth-order valence-electron chi connectivity index (χ4n) is 1.60. The maximum atomic E-state index is 5.67. The van der Waals surface area contributed by atoms with Crippen molar-refractivity contribution >= 4 is 23.1 Å². The molecule has 0 atom stereocenters. The zero-order chi connectivity index (χ0) is 12.3. The molecule has 0 unspecified atom stereocenters. The fourth-order valence-corrected chi connectivity index (χ4v) is 3.21. The average Bonchev–Trinajstić information content (AvgIpc) is 2.72. The number of nitrogens with two attached hydrogens (primary N) is 1. The van der Waals surface area contributed by atoms with Crippen LogP contribution in [0.1, 0.15) is 17.5 Å². The van der Waals surface area contributed by atoms with E-state index in [1.54, 1.807) is 11.3 Å². The number of thiazole rings is 1. The maximum Gasteiger partial charge on any atom is 0.123 e. The number of rotatable bonds is 4. The Morgan fingerprint density at radius 2 is 2.00 bits per heavy atom. The van der Waals surface area contributed by atoms with Crippen LogP contribution in [0.2, 0.25) is 0 Å². The van der Waals surface area contributed by atoms with E-state index in [4.69, 9.17) is 5.73 Å². The van der Waals surface area contributed by atoms with Gasteiger partial charge in [0.05, 0.1) is 5.69 Å². The minimum absolute atomic E-state index is 0.577. The van der Waals surface area contributed by atoms with Gasteiger partial charge in [0.25, 0.3) is 0 Å².